The van der Waals surface area contributed by atoms with E-state index < -0.39 is 5.97 Å². The molecular weight excluding hydrogens is 536 g/mol. The Balaban J connectivity index is 1.10. The number of nitrogens with zero attached hydrogens (tertiary/aromatic N) is 2. The fourth-order valence-electron chi connectivity index (χ4n) is 5.42. The zero-order valence-electron chi connectivity index (χ0n) is 24.1. The van der Waals surface area contributed by atoms with Crippen LogP contribution in [-0.2, 0) is 10.5 Å². The molecule has 0 saturated carbocycles. The SMILES string of the molecule is COc1cc(C(=O)OCCN2CCN(CCC=C3c4ccccc4CSc4ccccc43)CC2)cc(OC)c1OC. The van der Waals surface area contributed by atoms with Gasteiger partial charge in [0.25, 0.3) is 0 Å². The highest BCUT2D eigenvalue weighted by molar-refractivity contribution is 7.98. The van der Waals surface area contributed by atoms with Crippen LogP contribution in [0, 0.1) is 0 Å². The summed E-state index contributed by atoms with van der Waals surface area (Å²) in [6, 6.07) is 20.8. The van der Waals surface area contributed by atoms with Crippen LogP contribution in [0.5, 0.6) is 17.2 Å². The molecule has 0 atom stereocenters. The number of ether oxygens (including phenoxy) is 4. The molecule has 0 unspecified atom stereocenters. The van der Waals surface area contributed by atoms with E-state index in [2.05, 4.69) is 64.4 Å². The molecule has 2 aliphatic heterocycles. The predicted molar refractivity (Wildman–Crippen MR) is 163 cm³/mol. The molecule has 41 heavy (non-hydrogen) atoms. The zero-order chi connectivity index (χ0) is 28.6. The Morgan fingerprint density at radius 3 is 2.15 bits per heavy atom. The summed E-state index contributed by atoms with van der Waals surface area (Å²) in [6.45, 7) is 6.00. The minimum absolute atomic E-state index is 0.332. The van der Waals surface area contributed by atoms with E-state index in [4.69, 9.17) is 18.9 Å². The number of piperazine rings is 1. The number of methoxy groups -OCH3 is 3. The summed E-state index contributed by atoms with van der Waals surface area (Å²) in [7, 11) is 4.58. The Morgan fingerprint density at radius 2 is 1.46 bits per heavy atom. The van der Waals surface area contributed by atoms with Crippen molar-refractivity contribution in [2.75, 3.05) is 67.2 Å². The first-order chi connectivity index (χ1) is 20.1. The van der Waals surface area contributed by atoms with Crippen LogP contribution in [0.4, 0.5) is 0 Å². The average Bonchev–Trinajstić information content (AvgIpc) is 3.18. The second kappa shape index (κ2) is 13.9. The number of carbonyl (C=O) groups is 1. The third-order valence-corrected chi connectivity index (χ3v) is 8.79. The third-order valence-electron chi connectivity index (χ3n) is 7.67. The Morgan fingerprint density at radius 1 is 0.829 bits per heavy atom. The number of thioether (sulfide) groups is 1. The third kappa shape index (κ3) is 6.89. The standard InChI is InChI=1S/C33H38N2O5S/c1-37-29-21-25(22-30(38-2)32(29)39-3)33(36)40-20-19-35-17-15-34(16-18-35)14-8-12-27-26-10-5-4-9-24(26)23-41-31-13-7-6-11-28(27)31/h4-7,9-13,21-22H,8,14-20,23H2,1-3H3. The van der Waals surface area contributed by atoms with Crippen LogP contribution in [0.2, 0.25) is 0 Å². The van der Waals surface area contributed by atoms with Gasteiger partial charge < -0.3 is 23.8 Å². The maximum atomic E-state index is 12.7. The van der Waals surface area contributed by atoms with E-state index in [0.29, 0.717) is 36.0 Å². The lowest BCUT2D eigenvalue weighted by Crippen LogP contribution is -2.47. The van der Waals surface area contributed by atoms with Crippen molar-refractivity contribution < 1.29 is 23.7 Å². The number of hydrogen-bond donors (Lipinski definition) is 0. The summed E-state index contributed by atoms with van der Waals surface area (Å²) < 4.78 is 21.6. The molecular formula is C33H38N2O5S. The molecule has 0 spiro atoms. The van der Waals surface area contributed by atoms with Crippen molar-refractivity contribution in [2.45, 2.75) is 17.1 Å². The molecule has 0 radical (unpaired) electrons. The topological polar surface area (TPSA) is 60.5 Å². The Labute approximate surface area is 247 Å². The quantitative estimate of drug-likeness (QED) is 0.290. The lowest BCUT2D eigenvalue weighted by Gasteiger charge is -2.34. The molecule has 0 bridgehead atoms. The number of carbonyl (C=O) groups excluding carboxylic acids is 1. The highest BCUT2D eigenvalue weighted by atomic mass is 32.2. The van der Waals surface area contributed by atoms with Crippen LogP contribution >= 0.6 is 11.8 Å². The van der Waals surface area contributed by atoms with E-state index in [0.717, 1.165) is 44.9 Å². The maximum absolute atomic E-state index is 12.7. The van der Waals surface area contributed by atoms with E-state index in [-0.39, 0.29) is 0 Å². The molecule has 1 saturated heterocycles. The minimum Gasteiger partial charge on any atom is -0.493 e. The molecule has 0 aromatic heterocycles. The fourth-order valence-corrected chi connectivity index (χ4v) is 6.49. The smallest absolute Gasteiger partial charge is 0.338 e. The summed E-state index contributed by atoms with van der Waals surface area (Å²) in [5.74, 6) is 1.90. The molecule has 0 amide bonds. The number of esters is 1. The predicted octanol–water partition coefficient (Wildman–Crippen LogP) is 5.61. The van der Waals surface area contributed by atoms with Crippen LogP contribution in [-0.4, -0.2) is 83.0 Å². The molecule has 2 aliphatic rings. The van der Waals surface area contributed by atoms with Crippen LogP contribution in [0.15, 0.2) is 71.6 Å². The molecule has 8 heteroatoms. The number of hydrogen-bond acceptors (Lipinski definition) is 8. The monoisotopic (exact) mass is 574 g/mol. The second-order valence-corrected chi connectivity index (χ2v) is 11.1. The van der Waals surface area contributed by atoms with Crippen LogP contribution in [0.1, 0.15) is 33.5 Å². The Kier molecular flexibility index (Phi) is 9.88. The molecule has 3 aromatic carbocycles. The molecule has 3 aromatic rings. The minimum atomic E-state index is -0.406. The summed E-state index contributed by atoms with van der Waals surface area (Å²) in [6.07, 6.45) is 3.44. The van der Waals surface area contributed by atoms with Gasteiger partial charge in [0, 0.05) is 49.9 Å². The number of rotatable bonds is 10. The molecule has 216 valence electrons. The van der Waals surface area contributed by atoms with Gasteiger partial charge in [-0.15, -0.1) is 11.8 Å². The van der Waals surface area contributed by atoms with E-state index in [1.807, 2.05) is 11.8 Å². The molecule has 7 nitrogen and oxygen atoms in total. The number of benzene rings is 3. The lowest BCUT2D eigenvalue weighted by atomic mass is 9.93. The van der Waals surface area contributed by atoms with Crippen molar-refractivity contribution in [2.24, 2.45) is 0 Å². The first-order valence-corrected chi connectivity index (χ1v) is 15.0. The van der Waals surface area contributed by atoms with Gasteiger partial charge in [0.1, 0.15) is 6.61 Å². The van der Waals surface area contributed by atoms with Gasteiger partial charge in [-0.1, -0.05) is 48.5 Å². The van der Waals surface area contributed by atoms with Crippen molar-refractivity contribution in [1.82, 2.24) is 9.80 Å². The van der Waals surface area contributed by atoms with Crippen molar-refractivity contribution in [3.8, 4) is 17.2 Å². The first kappa shape index (κ1) is 29.0. The van der Waals surface area contributed by atoms with E-state index in [1.54, 1.807) is 12.1 Å². The summed E-state index contributed by atoms with van der Waals surface area (Å²) in [5, 5.41) is 0. The normalized spacial score (nSPS) is 16.4. The van der Waals surface area contributed by atoms with Gasteiger partial charge in [-0.3, -0.25) is 4.90 Å². The highest BCUT2D eigenvalue weighted by Gasteiger charge is 2.21. The lowest BCUT2D eigenvalue weighted by molar-refractivity contribution is 0.0423. The Bertz CT molecular complexity index is 1310. The van der Waals surface area contributed by atoms with Crippen LogP contribution < -0.4 is 14.2 Å². The maximum Gasteiger partial charge on any atom is 0.338 e. The van der Waals surface area contributed by atoms with Gasteiger partial charge in [0.15, 0.2) is 11.5 Å². The van der Waals surface area contributed by atoms with Crippen LogP contribution in [0.25, 0.3) is 5.57 Å². The van der Waals surface area contributed by atoms with Crippen molar-refractivity contribution in [1.29, 1.82) is 0 Å². The van der Waals surface area contributed by atoms with E-state index >= 15 is 0 Å². The summed E-state index contributed by atoms with van der Waals surface area (Å²) >= 11 is 1.92. The van der Waals surface area contributed by atoms with Crippen LogP contribution in [0.3, 0.4) is 0 Å². The molecule has 0 N–H and O–H groups in total. The fraction of sp³-hybridized carbons (Fsp3) is 0.364. The first-order valence-electron chi connectivity index (χ1n) is 14.0. The van der Waals surface area contributed by atoms with Crippen molar-refractivity contribution in [3.63, 3.8) is 0 Å². The van der Waals surface area contributed by atoms with Crippen molar-refractivity contribution >= 4 is 23.3 Å². The van der Waals surface area contributed by atoms with Gasteiger partial charge in [0.05, 0.1) is 26.9 Å². The average molecular weight is 575 g/mol. The van der Waals surface area contributed by atoms with Gasteiger partial charge in [-0.2, -0.15) is 0 Å². The molecule has 5 rings (SSSR count). The van der Waals surface area contributed by atoms with Gasteiger partial charge in [-0.05, 0) is 46.9 Å². The molecule has 1 fully saturated rings. The van der Waals surface area contributed by atoms with E-state index in [9.17, 15) is 4.79 Å². The Hall–Kier alpha value is -3.46. The zero-order valence-corrected chi connectivity index (χ0v) is 24.9. The molecule has 0 aliphatic carbocycles. The highest BCUT2D eigenvalue weighted by Crippen LogP contribution is 2.40. The van der Waals surface area contributed by atoms with E-state index in [1.165, 1.54) is 48.5 Å². The second-order valence-electron chi connectivity index (χ2n) is 10.1. The van der Waals surface area contributed by atoms with Gasteiger partial charge in [0.2, 0.25) is 5.75 Å². The van der Waals surface area contributed by atoms with Crippen molar-refractivity contribution in [3.05, 3.63) is 89.0 Å². The van der Waals surface area contributed by atoms with Gasteiger partial charge >= 0.3 is 5.97 Å². The van der Waals surface area contributed by atoms with Gasteiger partial charge in [-0.25, -0.2) is 4.79 Å². The molecule has 2 heterocycles. The summed E-state index contributed by atoms with van der Waals surface area (Å²) in [4.78, 5) is 18.9. The number of fused-ring (bicyclic) bond motifs is 2. The largest absolute Gasteiger partial charge is 0.493 e. The summed E-state index contributed by atoms with van der Waals surface area (Å²) in [5.41, 5.74) is 5.83.